The summed E-state index contributed by atoms with van der Waals surface area (Å²) in [7, 11) is -2.97. The molecule has 1 heterocycles. The third kappa shape index (κ3) is 2.36. The van der Waals surface area contributed by atoms with E-state index < -0.39 is 15.4 Å². The zero-order valence-corrected chi connectivity index (χ0v) is 10.1. The molecule has 0 spiro atoms. The molecule has 3 nitrogen and oxygen atoms in total. The molecule has 0 bridgehead atoms. The van der Waals surface area contributed by atoms with Crippen LogP contribution in [0.1, 0.15) is 39.0 Å². The highest BCUT2D eigenvalue weighted by molar-refractivity contribution is 7.91. The van der Waals surface area contributed by atoms with Gasteiger partial charge in [0, 0.05) is 0 Å². The summed E-state index contributed by atoms with van der Waals surface area (Å²) in [5.74, 6) is 1.01. The molecular weight excluding hydrogens is 212 g/mol. The average Bonchev–Trinajstić information content (AvgIpc) is 2.42. The van der Waals surface area contributed by atoms with Gasteiger partial charge in [0.2, 0.25) is 0 Å². The maximum atomic E-state index is 11.4. The highest BCUT2D eigenvalue weighted by Gasteiger charge is 2.46. The first-order valence-electron chi connectivity index (χ1n) is 5.84. The molecule has 2 rings (SSSR count). The number of hydrogen-bond donors (Lipinski definition) is 1. The van der Waals surface area contributed by atoms with Gasteiger partial charge >= 0.3 is 0 Å². The molecule has 0 aromatic heterocycles. The van der Waals surface area contributed by atoms with Gasteiger partial charge in [-0.05, 0) is 31.1 Å². The number of aliphatic hydroxyl groups is 1. The molecule has 15 heavy (non-hydrogen) atoms. The lowest BCUT2D eigenvalue weighted by molar-refractivity contribution is -0.0176. The highest BCUT2D eigenvalue weighted by atomic mass is 32.2. The molecule has 0 radical (unpaired) electrons. The van der Waals surface area contributed by atoms with Gasteiger partial charge in [-0.2, -0.15) is 0 Å². The molecule has 1 saturated carbocycles. The number of rotatable bonds is 1. The molecule has 0 amide bonds. The van der Waals surface area contributed by atoms with Gasteiger partial charge in [0.05, 0.1) is 17.1 Å². The maximum absolute atomic E-state index is 11.4. The first kappa shape index (κ1) is 11.4. The third-order valence-electron chi connectivity index (χ3n) is 4.01. The lowest BCUT2D eigenvalue weighted by atomic mass is 9.73. The van der Waals surface area contributed by atoms with Gasteiger partial charge in [0.25, 0.3) is 0 Å². The van der Waals surface area contributed by atoms with E-state index in [0.29, 0.717) is 12.3 Å². The van der Waals surface area contributed by atoms with Crippen LogP contribution in [0.15, 0.2) is 0 Å². The molecule has 3 unspecified atom stereocenters. The zero-order chi connectivity index (χ0) is 11.1. The fraction of sp³-hybridized carbons (Fsp3) is 1.00. The fourth-order valence-corrected chi connectivity index (χ4v) is 5.05. The van der Waals surface area contributed by atoms with Crippen molar-refractivity contribution in [3.05, 3.63) is 0 Å². The van der Waals surface area contributed by atoms with Crippen LogP contribution in [0.5, 0.6) is 0 Å². The fourth-order valence-electron chi connectivity index (χ4n) is 3.10. The first-order chi connectivity index (χ1) is 6.91. The lowest BCUT2D eigenvalue weighted by Gasteiger charge is -2.36. The summed E-state index contributed by atoms with van der Waals surface area (Å²) < 4.78 is 22.8. The normalized spacial score (nSPS) is 45.5. The van der Waals surface area contributed by atoms with Crippen LogP contribution in [0, 0.1) is 11.8 Å². The molecule has 1 N–H and O–H groups in total. The average molecular weight is 232 g/mol. The van der Waals surface area contributed by atoms with Gasteiger partial charge in [-0.3, -0.25) is 0 Å². The Bertz CT molecular complexity index is 336. The van der Waals surface area contributed by atoms with Crippen LogP contribution in [0.2, 0.25) is 0 Å². The summed E-state index contributed by atoms with van der Waals surface area (Å²) in [6, 6.07) is 0. The van der Waals surface area contributed by atoms with E-state index in [0.717, 1.165) is 19.3 Å². The Balaban J connectivity index is 2.09. The molecule has 2 fully saturated rings. The second kappa shape index (κ2) is 3.74. The SMILES string of the molecule is CC1CCCC(C2(O)CCS(=O)(=O)C2)C1. The third-order valence-corrected chi connectivity index (χ3v) is 5.78. The van der Waals surface area contributed by atoms with Crippen molar-refractivity contribution in [2.75, 3.05) is 11.5 Å². The van der Waals surface area contributed by atoms with Gasteiger partial charge in [0.1, 0.15) is 0 Å². The summed E-state index contributed by atoms with van der Waals surface area (Å²) in [6.07, 6.45) is 4.79. The van der Waals surface area contributed by atoms with Crippen LogP contribution in [0.4, 0.5) is 0 Å². The van der Waals surface area contributed by atoms with E-state index in [1.54, 1.807) is 0 Å². The van der Waals surface area contributed by atoms with Crippen molar-refractivity contribution in [3.8, 4) is 0 Å². The lowest BCUT2D eigenvalue weighted by Crippen LogP contribution is -2.41. The van der Waals surface area contributed by atoms with Crippen molar-refractivity contribution in [3.63, 3.8) is 0 Å². The van der Waals surface area contributed by atoms with Crippen LogP contribution in [-0.2, 0) is 9.84 Å². The van der Waals surface area contributed by atoms with Crippen molar-refractivity contribution in [1.82, 2.24) is 0 Å². The second-order valence-corrected chi connectivity index (χ2v) is 7.60. The minimum Gasteiger partial charge on any atom is -0.389 e. The minimum atomic E-state index is -2.97. The number of hydrogen-bond acceptors (Lipinski definition) is 3. The molecule has 1 aliphatic heterocycles. The molecule has 1 saturated heterocycles. The van der Waals surface area contributed by atoms with Gasteiger partial charge in [-0.25, -0.2) is 8.42 Å². The largest absolute Gasteiger partial charge is 0.389 e. The van der Waals surface area contributed by atoms with Gasteiger partial charge in [-0.15, -0.1) is 0 Å². The van der Waals surface area contributed by atoms with Crippen molar-refractivity contribution in [2.45, 2.75) is 44.6 Å². The summed E-state index contributed by atoms with van der Waals surface area (Å²) >= 11 is 0. The smallest absolute Gasteiger partial charge is 0.153 e. The van der Waals surface area contributed by atoms with Crippen LogP contribution >= 0.6 is 0 Å². The van der Waals surface area contributed by atoms with Gasteiger partial charge < -0.3 is 5.11 Å². The van der Waals surface area contributed by atoms with E-state index >= 15 is 0 Å². The summed E-state index contributed by atoms with van der Waals surface area (Å²) in [6.45, 7) is 2.19. The Hall–Kier alpha value is -0.0900. The van der Waals surface area contributed by atoms with Gasteiger partial charge in [-0.1, -0.05) is 19.8 Å². The summed E-state index contributed by atoms with van der Waals surface area (Å²) in [4.78, 5) is 0. The molecule has 2 aliphatic rings. The molecule has 0 aromatic rings. The molecule has 4 heteroatoms. The molecular formula is C11H20O3S. The molecule has 0 aromatic carbocycles. The molecule has 88 valence electrons. The Morgan fingerprint density at radius 3 is 2.60 bits per heavy atom. The standard InChI is InChI=1S/C11H20O3S/c1-9-3-2-4-10(7-9)11(12)5-6-15(13,14)8-11/h9-10,12H,2-8H2,1H3. The molecule has 1 aliphatic carbocycles. The van der Waals surface area contributed by atoms with Crippen molar-refractivity contribution >= 4 is 9.84 Å². The van der Waals surface area contributed by atoms with Crippen molar-refractivity contribution in [2.24, 2.45) is 11.8 Å². The Kier molecular flexibility index (Phi) is 2.84. The van der Waals surface area contributed by atoms with E-state index in [-0.39, 0.29) is 17.4 Å². The monoisotopic (exact) mass is 232 g/mol. The highest BCUT2D eigenvalue weighted by Crippen LogP contribution is 2.41. The quantitative estimate of drug-likeness (QED) is 0.742. The maximum Gasteiger partial charge on any atom is 0.153 e. The number of sulfone groups is 1. The van der Waals surface area contributed by atoms with Crippen molar-refractivity contribution in [1.29, 1.82) is 0 Å². The van der Waals surface area contributed by atoms with Crippen LogP contribution in [0.3, 0.4) is 0 Å². The summed E-state index contributed by atoms with van der Waals surface area (Å²) in [5.41, 5.74) is -0.909. The van der Waals surface area contributed by atoms with E-state index in [2.05, 4.69) is 6.92 Å². The van der Waals surface area contributed by atoms with Gasteiger partial charge in [0.15, 0.2) is 9.84 Å². The van der Waals surface area contributed by atoms with E-state index in [4.69, 9.17) is 0 Å². The Morgan fingerprint density at radius 1 is 1.33 bits per heavy atom. The van der Waals surface area contributed by atoms with E-state index in [1.165, 1.54) is 6.42 Å². The van der Waals surface area contributed by atoms with Crippen LogP contribution < -0.4 is 0 Å². The van der Waals surface area contributed by atoms with Crippen LogP contribution in [0.25, 0.3) is 0 Å². The second-order valence-electron chi connectivity index (χ2n) is 5.41. The molecule has 3 atom stereocenters. The zero-order valence-electron chi connectivity index (χ0n) is 9.28. The predicted molar refractivity (Wildman–Crippen MR) is 59.3 cm³/mol. The Morgan fingerprint density at radius 2 is 2.07 bits per heavy atom. The first-order valence-corrected chi connectivity index (χ1v) is 7.66. The van der Waals surface area contributed by atoms with Crippen molar-refractivity contribution < 1.29 is 13.5 Å². The summed E-state index contributed by atoms with van der Waals surface area (Å²) in [5, 5.41) is 10.4. The van der Waals surface area contributed by atoms with E-state index in [1.807, 2.05) is 0 Å². The Labute approximate surface area is 91.8 Å². The minimum absolute atomic E-state index is 0.00259. The topological polar surface area (TPSA) is 54.4 Å². The van der Waals surface area contributed by atoms with Crippen LogP contribution in [-0.4, -0.2) is 30.6 Å². The predicted octanol–water partition coefficient (Wildman–Crippen LogP) is 1.36. The van der Waals surface area contributed by atoms with E-state index in [9.17, 15) is 13.5 Å².